The number of ether oxygens (including phenoxy) is 1. The number of rotatable bonds is 3. The summed E-state index contributed by atoms with van der Waals surface area (Å²) < 4.78 is 8.14. The van der Waals surface area contributed by atoms with Gasteiger partial charge in [0.25, 0.3) is 0 Å². The second-order valence-electron chi connectivity index (χ2n) is 4.92. The lowest BCUT2D eigenvalue weighted by atomic mass is 10.0. The van der Waals surface area contributed by atoms with E-state index in [1.165, 1.54) is 4.90 Å². The molecule has 1 saturated heterocycles. The molecule has 0 bridgehead atoms. The fourth-order valence-corrected chi connectivity index (χ4v) is 3.01. The van der Waals surface area contributed by atoms with Crippen LogP contribution in [0.5, 0.6) is 5.75 Å². The molecule has 1 aliphatic heterocycles. The highest BCUT2D eigenvalue weighted by atomic mass is 79.9. The van der Waals surface area contributed by atoms with Crippen LogP contribution < -0.4 is 4.74 Å². The van der Waals surface area contributed by atoms with Gasteiger partial charge in [-0.25, -0.2) is 4.79 Å². The van der Waals surface area contributed by atoms with Crippen LogP contribution in [0.15, 0.2) is 22.8 Å². The summed E-state index contributed by atoms with van der Waals surface area (Å²) >= 11 is 3.45. The number of carbonyl (C=O) groups is 1. The molecule has 0 unspecified atom stereocenters. The zero-order chi connectivity index (χ0) is 14.3. The molecule has 0 aliphatic carbocycles. The van der Waals surface area contributed by atoms with Gasteiger partial charge in [-0.2, -0.15) is 5.10 Å². The van der Waals surface area contributed by atoms with Gasteiger partial charge < -0.3 is 14.7 Å². The molecule has 1 fully saturated rings. The van der Waals surface area contributed by atoms with Gasteiger partial charge in [0.1, 0.15) is 5.75 Å². The van der Waals surface area contributed by atoms with E-state index in [1.807, 2.05) is 23.0 Å². The van der Waals surface area contributed by atoms with Gasteiger partial charge in [0.15, 0.2) is 0 Å². The quantitative estimate of drug-likeness (QED) is 0.932. The number of nitrogens with zero attached hydrogens (tertiary/aromatic N) is 3. The van der Waals surface area contributed by atoms with Gasteiger partial charge in [-0.3, -0.25) is 4.68 Å². The molecule has 0 radical (unpaired) electrons. The first kappa shape index (κ1) is 13.2. The summed E-state index contributed by atoms with van der Waals surface area (Å²) in [6.45, 7) is 1.87. The zero-order valence-corrected chi connectivity index (χ0v) is 12.5. The van der Waals surface area contributed by atoms with E-state index in [2.05, 4.69) is 21.0 Å². The topological polar surface area (TPSA) is 67.6 Å². The Kier molecular flexibility index (Phi) is 3.29. The molecule has 106 valence electrons. The van der Waals surface area contributed by atoms with Gasteiger partial charge in [-0.15, -0.1) is 0 Å². The Hall–Kier alpha value is -1.76. The Labute approximate surface area is 124 Å². The van der Waals surface area contributed by atoms with Crippen LogP contribution in [0.25, 0.3) is 10.9 Å². The second kappa shape index (κ2) is 4.97. The third-order valence-corrected chi connectivity index (χ3v) is 4.14. The normalized spacial score (nSPS) is 15.4. The molecule has 3 rings (SSSR count). The zero-order valence-electron chi connectivity index (χ0n) is 10.9. The first-order chi connectivity index (χ1) is 9.58. The fourth-order valence-electron chi connectivity index (χ4n) is 2.50. The van der Waals surface area contributed by atoms with Crippen molar-refractivity contribution in [2.24, 2.45) is 5.92 Å². The Balaban J connectivity index is 1.79. The van der Waals surface area contributed by atoms with Gasteiger partial charge in [0.05, 0.1) is 22.5 Å². The van der Waals surface area contributed by atoms with Crippen LogP contribution in [0.4, 0.5) is 4.79 Å². The predicted octanol–water partition coefficient (Wildman–Crippen LogP) is 2.42. The van der Waals surface area contributed by atoms with Crippen LogP contribution in [0, 0.1) is 5.92 Å². The van der Waals surface area contributed by atoms with E-state index in [0.717, 1.165) is 27.7 Å². The molecule has 2 aromatic rings. The van der Waals surface area contributed by atoms with E-state index in [4.69, 9.17) is 9.84 Å². The van der Waals surface area contributed by atoms with Crippen molar-refractivity contribution in [1.29, 1.82) is 0 Å². The van der Waals surface area contributed by atoms with E-state index in [0.29, 0.717) is 19.0 Å². The molecule has 7 heteroatoms. The summed E-state index contributed by atoms with van der Waals surface area (Å²) in [4.78, 5) is 12.1. The van der Waals surface area contributed by atoms with Crippen molar-refractivity contribution in [3.05, 3.63) is 22.8 Å². The van der Waals surface area contributed by atoms with E-state index >= 15 is 0 Å². The number of aromatic nitrogens is 2. The first-order valence-corrected chi connectivity index (χ1v) is 7.05. The lowest BCUT2D eigenvalue weighted by molar-refractivity contribution is 0.0732. The average Bonchev–Trinajstić information content (AvgIpc) is 2.75. The maximum Gasteiger partial charge on any atom is 0.407 e. The minimum Gasteiger partial charge on any atom is -0.495 e. The number of halogens is 1. The number of likely N-dealkylation sites (tertiary alicyclic amines) is 1. The summed E-state index contributed by atoms with van der Waals surface area (Å²) in [7, 11) is 1.63. The molecule has 20 heavy (non-hydrogen) atoms. The van der Waals surface area contributed by atoms with Gasteiger partial charge in [0.2, 0.25) is 0 Å². The highest BCUT2D eigenvalue weighted by molar-refractivity contribution is 9.10. The number of amides is 1. The Morgan fingerprint density at radius 2 is 2.30 bits per heavy atom. The summed E-state index contributed by atoms with van der Waals surface area (Å²) in [6, 6.07) is 3.84. The second-order valence-corrected chi connectivity index (χ2v) is 5.77. The maximum atomic E-state index is 10.7. The molecule has 1 amide bonds. The highest BCUT2D eigenvalue weighted by Gasteiger charge is 2.30. The monoisotopic (exact) mass is 339 g/mol. The number of fused-ring (bicyclic) bond motifs is 1. The van der Waals surface area contributed by atoms with E-state index in [1.54, 1.807) is 7.11 Å². The van der Waals surface area contributed by atoms with E-state index < -0.39 is 6.09 Å². The minimum absolute atomic E-state index is 0.329. The minimum atomic E-state index is -0.850. The summed E-state index contributed by atoms with van der Waals surface area (Å²) in [5.74, 6) is 1.10. The predicted molar refractivity (Wildman–Crippen MR) is 77.1 cm³/mol. The van der Waals surface area contributed by atoms with Crippen LogP contribution in [0.2, 0.25) is 0 Å². The standard InChI is InChI=1S/C13H14BrN3O3/c1-20-12-9-7-17(15-11(9)3-2-10(12)14)6-8-4-16(5-8)13(18)19/h2-3,7-8H,4-6H2,1H3,(H,18,19). The smallest absolute Gasteiger partial charge is 0.407 e. The van der Waals surface area contributed by atoms with Gasteiger partial charge in [0, 0.05) is 31.7 Å². The van der Waals surface area contributed by atoms with Crippen molar-refractivity contribution in [2.45, 2.75) is 6.54 Å². The summed E-state index contributed by atoms with van der Waals surface area (Å²) in [5.41, 5.74) is 0.875. The van der Waals surface area contributed by atoms with Crippen LogP contribution in [-0.2, 0) is 6.54 Å². The van der Waals surface area contributed by atoms with Gasteiger partial charge >= 0.3 is 6.09 Å². The van der Waals surface area contributed by atoms with Crippen molar-refractivity contribution in [3.8, 4) is 5.75 Å². The van der Waals surface area contributed by atoms with Crippen LogP contribution in [0.3, 0.4) is 0 Å². The largest absolute Gasteiger partial charge is 0.495 e. The molecular weight excluding hydrogens is 326 g/mol. The maximum absolute atomic E-state index is 10.7. The molecule has 0 spiro atoms. The third kappa shape index (κ3) is 2.22. The molecule has 1 aromatic heterocycles. The first-order valence-electron chi connectivity index (χ1n) is 6.26. The Morgan fingerprint density at radius 1 is 1.55 bits per heavy atom. The SMILES string of the molecule is COc1c(Br)ccc2nn(CC3CN(C(=O)O)C3)cc12. The van der Waals surface area contributed by atoms with Gasteiger partial charge in [-0.1, -0.05) is 0 Å². The van der Waals surface area contributed by atoms with Crippen molar-refractivity contribution in [1.82, 2.24) is 14.7 Å². The van der Waals surface area contributed by atoms with Crippen LogP contribution in [-0.4, -0.2) is 46.1 Å². The molecule has 0 saturated carbocycles. The molecule has 1 aromatic carbocycles. The molecule has 6 nitrogen and oxygen atoms in total. The van der Waals surface area contributed by atoms with Gasteiger partial charge in [-0.05, 0) is 28.1 Å². The van der Waals surface area contributed by atoms with Crippen LogP contribution >= 0.6 is 15.9 Å². The molecule has 1 aliphatic rings. The third-order valence-electron chi connectivity index (χ3n) is 3.52. The number of methoxy groups -OCH3 is 1. The number of hydrogen-bond donors (Lipinski definition) is 1. The molecular formula is C13H14BrN3O3. The van der Waals surface area contributed by atoms with Crippen molar-refractivity contribution in [2.75, 3.05) is 20.2 Å². The number of carboxylic acid groups (broad SMARTS) is 1. The lowest BCUT2D eigenvalue weighted by Crippen LogP contribution is -2.50. The fraction of sp³-hybridized carbons (Fsp3) is 0.385. The molecule has 0 atom stereocenters. The van der Waals surface area contributed by atoms with Crippen LogP contribution in [0.1, 0.15) is 0 Å². The van der Waals surface area contributed by atoms with E-state index in [-0.39, 0.29) is 0 Å². The Morgan fingerprint density at radius 3 is 2.95 bits per heavy atom. The molecule has 2 heterocycles. The number of benzene rings is 1. The van der Waals surface area contributed by atoms with Crippen molar-refractivity contribution in [3.63, 3.8) is 0 Å². The Bertz CT molecular complexity index is 664. The molecule has 1 N–H and O–H groups in total. The van der Waals surface area contributed by atoms with E-state index in [9.17, 15) is 4.79 Å². The average molecular weight is 340 g/mol. The summed E-state index contributed by atoms with van der Waals surface area (Å²) in [5, 5.41) is 14.3. The summed E-state index contributed by atoms with van der Waals surface area (Å²) in [6.07, 6.45) is 1.10. The van der Waals surface area contributed by atoms with Crippen molar-refractivity contribution < 1.29 is 14.6 Å². The lowest BCUT2D eigenvalue weighted by Gasteiger charge is -2.36. The van der Waals surface area contributed by atoms with Crippen molar-refractivity contribution >= 4 is 32.9 Å². The number of hydrogen-bond acceptors (Lipinski definition) is 3. The highest BCUT2D eigenvalue weighted by Crippen LogP contribution is 2.33.